The lowest BCUT2D eigenvalue weighted by atomic mass is 10.2. The van der Waals surface area contributed by atoms with E-state index in [9.17, 15) is 14.7 Å². The maximum Gasteiger partial charge on any atom is 0.337 e. The highest BCUT2D eigenvalue weighted by molar-refractivity contribution is 8.18. The molecular weight excluding hydrogens is 368 g/mol. The first-order valence-corrected chi connectivity index (χ1v) is 8.83. The van der Waals surface area contributed by atoms with E-state index in [1.807, 2.05) is 6.07 Å². The smallest absolute Gasteiger partial charge is 0.337 e. The molecule has 0 saturated carbocycles. The number of hydrogen-bond acceptors (Lipinski definition) is 6. The number of fused-ring (bicyclic) bond motifs is 1. The second-order valence-electron chi connectivity index (χ2n) is 5.80. The highest BCUT2D eigenvalue weighted by Crippen LogP contribution is 2.36. The first kappa shape index (κ1) is 17.2. The Bertz CT molecular complexity index is 1010. The van der Waals surface area contributed by atoms with E-state index >= 15 is 0 Å². The Balaban J connectivity index is 1.65. The van der Waals surface area contributed by atoms with Crippen LogP contribution in [0.4, 0.5) is 5.69 Å². The summed E-state index contributed by atoms with van der Waals surface area (Å²) in [7, 11) is 1.61. The molecule has 0 aromatic heterocycles. The van der Waals surface area contributed by atoms with Crippen LogP contribution in [0.2, 0.25) is 0 Å². The number of amidine groups is 1. The van der Waals surface area contributed by atoms with E-state index in [1.54, 1.807) is 43.5 Å². The quantitative estimate of drug-likeness (QED) is 0.819. The summed E-state index contributed by atoms with van der Waals surface area (Å²) in [5.74, 6) is 0.0388. The van der Waals surface area contributed by atoms with Gasteiger partial charge in [-0.25, -0.2) is 9.79 Å². The molecule has 7 nitrogen and oxygen atoms in total. The van der Waals surface area contributed by atoms with E-state index < -0.39 is 5.97 Å². The molecule has 8 heteroatoms. The molecule has 2 heterocycles. The number of hydrogen-bond donors (Lipinski definition) is 1. The maximum absolute atomic E-state index is 12.5. The van der Waals surface area contributed by atoms with Crippen molar-refractivity contribution in [3.63, 3.8) is 0 Å². The Morgan fingerprint density at radius 2 is 2.00 bits per heavy atom. The minimum Gasteiger partial charge on any atom is -0.478 e. The predicted molar refractivity (Wildman–Crippen MR) is 101 cm³/mol. The van der Waals surface area contributed by atoms with Gasteiger partial charge in [0.2, 0.25) is 6.79 Å². The number of rotatable bonds is 3. The van der Waals surface area contributed by atoms with Crippen molar-refractivity contribution in [3.8, 4) is 11.5 Å². The largest absolute Gasteiger partial charge is 0.478 e. The zero-order chi connectivity index (χ0) is 19.0. The van der Waals surface area contributed by atoms with Gasteiger partial charge < -0.3 is 14.6 Å². The lowest BCUT2D eigenvalue weighted by Crippen LogP contribution is -2.23. The van der Waals surface area contributed by atoms with E-state index in [0.29, 0.717) is 27.3 Å². The Kier molecular flexibility index (Phi) is 4.33. The number of ether oxygens (including phenoxy) is 2. The standard InChI is InChI=1S/C19H14N2O5S/c1-21-17(22)16(9-11-6-7-14-15(8-11)26-10-25-14)27-19(21)20-13-5-3-2-4-12(13)18(23)24/h2-9H,10H2,1H3,(H,23,24)/b16-9-,20-19?. The van der Waals surface area contributed by atoms with Gasteiger partial charge in [0.25, 0.3) is 5.91 Å². The van der Waals surface area contributed by atoms with Gasteiger partial charge in [0.1, 0.15) is 0 Å². The van der Waals surface area contributed by atoms with Crippen LogP contribution < -0.4 is 9.47 Å². The summed E-state index contributed by atoms with van der Waals surface area (Å²) in [6.07, 6.45) is 1.75. The molecule has 4 rings (SSSR count). The fraction of sp³-hybridized carbons (Fsp3) is 0.105. The van der Waals surface area contributed by atoms with Crippen LogP contribution in [0.1, 0.15) is 15.9 Å². The van der Waals surface area contributed by atoms with Crippen molar-refractivity contribution in [3.05, 3.63) is 58.5 Å². The molecule has 1 fully saturated rings. The first-order chi connectivity index (χ1) is 13.0. The van der Waals surface area contributed by atoms with E-state index in [4.69, 9.17) is 9.47 Å². The van der Waals surface area contributed by atoms with Crippen LogP contribution in [0.5, 0.6) is 11.5 Å². The number of carbonyl (C=O) groups is 2. The van der Waals surface area contributed by atoms with Gasteiger partial charge in [0.05, 0.1) is 16.2 Å². The van der Waals surface area contributed by atoms with E-state index in [2.05, 4.69) is 4.99 Å². The van der Waals surface area contributed by atoms with Gasteiger partial charge in [-0.15, -0.1) is 0 Å². The third kappa shape index (κ3) is 3.26. The predicted octanol–water partition coefficient (Wildman–Crippen LogP) is 3.35. The highest BCUT2D eigenvalue weighted by atomic mass is 32.2. The molecular formula is C19H14N2O5S. The van der Waals surface area contributed by atoms with Crippen molar-refractivity contribution in [2.75, 3.05) is 13.8 Å². The van der Waals surface area contributed by atoms with Gasteiger partial charge in [-0.2, -0.15) is 0 Å². The second kappa shape index (κ2) is 6.81. The van der Waals surface area contributed by atoms with Crippen molar-refractivity contribution < 1.29 is 24.2 Å². The minimum atomic E-state index is -1.07. The fourth-order valence-electron chi connectivity index (χ4n) is 2.66. The summed E-state index contributed by atoms with van der Waals surface area (Å²) in [4.78, 5) is 30.2. The molecule has 2 aliphatic heterocycles. The van der Waals surface area contributed by atoms with Crippen LogP contribution in [-0.2, 0) is 4.79 Å². The summed E-state index contributed by atoms with van der Waals surface area (Å²) in [5, 5.41) is 9.71. The van der Waals surface area contributed by atoms with Crippen molar-refractivity contribution in [2.24, 2.45) is 4.99 Å². The van der Waals surface area contributed by atoms with E-state index in [-0.39, 0.29) is 18.3 Å². The summed E-state index contributed by atoms with van der Waals surface area (Å²) in [6.45, 7) is 0.186. The Morgan fingerprint density at radius 1 is 1.22 bits per heavy atom. The number of carboxylic acids is 1. The number of aliphatic imine (C=N–C) groups is 1. The van der Waals surface area contributed by atoms with Gasteiger partial charge in [0.15, 0.2) is 16.7 Å². The average Bonchev–Trinajstić information content (AvgIpc) is 3.22. The first-order valence-electron chi connectivity index (χ1n) is 8.01. The van der Waals surface area contributed by atoms with Crippen molar-refractivity contribution in [1.29, 1.82) is 0 Å². The van der Waals surface area contributed by atoms with Crippen LogP contribution in [0, 0.1) is 0 Å². The third-order valence-corrected chi connectivity index (χ3v) is 5.11. The lowest BCUT2D eigenvalue weighted by Gasteiger charge is -2.08. The Morgan fingerprint density at radius 3 is 2.81 bits per heavy atom. The third-order valence-electron chi connectivity index (χ3n) is 4.05. The Hall–Kier alpha value is -3.26. The molecule has 2 aromatic rings. The van der Waals surface area contributed by atoms with Gasteiger partial charge in [0, 0.05) is 7.05 Å². The minimum absolute atomic E-state index is 0.0830. The fourth-order valence-corrected chi connectivity index (χ4v) is 3.64. The summed E-state index contributed by atoms with van der Waals surface area (Å²) >= 11 is 1.19. The molecule has 0 unspecified atom stereocenters. The molecule has 27 heavy (non-hydrogen) atoms. The highest BCUT2D eigenvalue weighted by Gasteiger charge is 2.31. The Labute approximate surface area is 158 Å². The molecule has 1 saturated heterocycles. The van der Waals surface area contributed by atoms with Crippen LogP contribution >= 0.6 is 11.8 Å². The monoisotopic (exact) mass is 382 g/mol. The van der Waals surface area contributed by atoms with Gasteiger partial charge in [-0.1, -0.05) is 18.2 Å². The average molecular weight is 382 g/mol. The number of para-hydroxylation sites is 1. The number of aromatic carboxylic acids is 1. The van der Waals surface area contributed by atoms with Gasteiger partial charge in [-0.3, -0.25) is 9.69 Å². The number of amides is 1. The summed E-state index contributed by atoms with van der Waals surface area (Å²) < 4.78 is 10.6. The molecule has 0 radical (unpaired) electrons. The number of carboxylic acid groups (broad SMARTS) is 1. The summed E-state index contributed by atoms with van der Waals surface area (Å²) in [6, 6.07) is 11.9. The van der Waals surface area contributed by atoms with Crippen LogP contribution in [0.25, 0.3) is 6.08 Å². The molecule has 0 bridgehead atoms. The lowest BCUT2D eigenvalue weighted by molar-refractivity contribution is -0.121. The van der Waals surface area contributed by atoms with Crippen molar-refractivity contribution in [2.45, 2.75) is 0 Å². The molecule has 136 valence electrons. The molecule has 1 N–H and O–H groups in total. The van der Waals surface area contributed by atoms with Crippen molar-refractivity contribution in [1.82, 2.24) is 4.90 Å². The summed E-state index contributed by atoms with van der Waals surface area (Å²) in [5.41, 5.74) is 1.19. The molecule has 0 aliphatic carbocycles. The molecule has 2 aliphatic rings. The van der Waals surface area contributed by atoms with Crippen LogP contribution in [0.3, 0.4) is 0 Å². The van der Waals surface area contributed by atoms with Crippen LogP contribution in [0.15, 0.2) is 52.4 Å². The molecule has 1 amide bonds. The van der Waals surface area contributed by atoms with Gasteiger partial charge in [-0.05, 0) is 47.7 Å². The number of nitrogens with zero attached hydrogens (tertiary/aromatic N) is 2. The number of benzene rings is 2. The zero-order valence-electron chi connectivity index (χ0n) is 14.2. The molecule has 0 spiro atoms. The van der Waals surface area contributed by atoms with Gasteiger partial charge >= 0.3 is 5.97 Å². The molecule has 2 aromatic carbocycles. The molecule has 0 atom stereocenters. The normalized spacial score (nSPS) is 18.6. The maximum atomic E-state index is 12.5. The zero-order valence-corrected chi connectivity index (χ0v) is 15.0. The SMILES string of the molecule is CN1C(=O)/C(=C/c2ccc3c(c2)OCO3)SC1=Nc1ccccc1C(=O)O. The number of likely N-dealkylation sites (N-methyl/N-ethyl adjacent to an activating group) is 1. The second-order valence-corrected chi connectivity index (χ2v) is 6.81. The van der Waals surface area contributed by atoms with Crippen molar-refractivity contribution >= 4 is 40.6 Å². The van der Waals surface area contributed by atoms with E-state index in [1.165, 1.54) is 22.7 Å². The number of thioether (sulfide) groups is 1. The van der Waals surface area contributed by atoms with Crippen LogP contribution in [-0.4, -0.2) is 40.9 Å². The topological polar surface area (TPSA) is 88.4 Å². The number of carbonyl (C=O) groups excluding carboxylic acids is 1. The van der Waals surface area contributed by atoms with E-state index in [0.717, 1.165) is 5.56 Å².